The third kappa shape index (κ3) is 4.28. The molecule has 0 bridgehead atoms. The molecule has 0 aromatic carbocycles. The summed E-state index contributed by atoms with van der Waals surface area (Å²) in [6, 6.07) is 5.70. The van der Waals surface area contributed by atoms with Crippen LogP contribution in [0.3, 0.4) is 0 Å². The summed E-state index contributed by atoms with van der Waals surface area (Å²) >= 11 is 0. The zero-order chi connectivity index (χ0) is 14.4. The molecule has 1 amide bonds. The molecule has 1 aromatic heterocycles. The van der Waals surface area contributed by atoms with Crippen molar-refractivity contribution in [2.45, 2.75) is 38.4 Å². The third-order valence-electron chi connectivity index (χ3n) is 3.57. The SMILES string of the molecule is CC1CCC(C(=O)NCC(CO)Cc2ccccn2)O1. The number of hydrogen-bond acceptors (Lipinski definition) is 4. The smallest absolute Gasteiger partial charge is 0.249 e. The second kappa shape index (κ2) is 7.36. The van der Waals surface area contributed by atoms with Gasteiger partial charge in [0.05, 0.1) is 6.10 Å². The van der Waals surface area contributed by atoms with Crippen LogP contribution in [-0.2, 0) is 16.0 Å². The van der Waals surface area contributed by atoms with Crippen molar-refractivity contribution in [3.63, 3.8) is 0 Å². The van der Waals surface area contributed by atoms with Crippen molar-refractivity contribution in [1.82, 2.24) is 10.3 Å². The molecule has 2 rings (SSSR count). The van der Waals surface area contributed by atoms with E-state index < -0.39 is 0 Å². The van der Waals surface area contributed by atoms with Crippen LogP contribution in [-0.4, -0.2) is 41.4 Å². The molecule has 3 atom stereocenters. The fourth-order valence-electron chi connectivity index (χ4n) is 2.37. The maximum atomic E-state index is 11.9. The van der Waals surface area contributed by atoms with Crippen molar-refractivity contribution in [3.05, 3.63) is 30.1 Å². The molecule has 0 radical (unpaired) electrons. The van der Waals surface area contributed by atoms with E-state index in [9.17, 15) is 9.90 Å². The lowest BCUT2D eigenvalue weighted by atomic mass is 10.0. The van der Waals surface area contributed by atoms with Gasteiger partial charge < -0.3 is 15.2 Å². The fraction of sp³-hybridized carbons (Fsp3) is 0.600. The number of carbonyl (C=O) groups is 1. The normalized spacial score (nSPS) is 23.5. The van der Waals surface area contributed by atoms with Crippen molar-refractivity contribution in [2.75, 3.05) is 13.2 Å². The highest BCUT2D eigenvalue weighted by atomic mass is 16.5. The van der Waals surface area contributed by atoms with E-state index >= 15 is 0 Å². The molecule has 5 nitrogen and oxygen atoms in total. The average molecular weight is 278 g/mol. The number of aliphatic hydroxyl groups is 1. The number of hydrogen-bond donors (Lipinski definition) is 2. The van der Waals surface area contributed by atoms with Crippen LogP contribution in [0.2, 0.25) is 0 Å². The topological polar surface area (TPSA) is 71.5 Å². The van der Waals surface area contributed by atoms with Crippen molar-refractivity contribution in [1.29, 1.82) is 0 Å². The van der Waals surface area contributed by atoms with Gasteiger partial charge in [-0.2, -0.15) is 0 Å². The number of amides is 1. The summed E-state index contributed by atoms with van der Waals surface area (Å²) in [5.74, 6) is -0.0958. The molecular formula is C15H22N2O3. The summed E-state index contributed by atoms with van der Waals surface area (Å²) in [5.41, 5.74) is 0.923. The molecule has 1 fully saturated rings. The minimum atomic E-state index is -0.334. The number of ether oxygens (including phenoxy) is 1. The number of nitrogens with zero attached hydrogens (tertiary/aromatic N) is 1. The van der Waals surface area contributed by atoms with Gasteiger partial charge >= 0.3 is 0 Å². The average Bonchev–Trinajstić information content (AvgIpc) is 2.91. The third-order valence-corrected chi connectivity index (χ3v) is 3.57. The monoisotopic (exact) mass is 278 g/mol. The number of carbonyl (C=O) groups excluding carboxylic acids is 1. The molecule has 5 heteroatoms. The van der Waals surface area contributed by atoms with Gasteiger partial charge in [-0.05, 0) is 38.3 Å². The van der Waals surface area contributed by atoms with Crippen LogP contribution >= 0.6 is 0 Å². The predicted octanol–water partition coefficient (Wildman–Crippen LogP) is 0.916. The first-order chi connectivity index (χ1) is 9.69. The van der Waals surface area contributed by atoms with Crippen molar-refractivity contribution < 1.29 is 14.6 Å². The fourth-order valence-corrected chi connectivity index (χ4v) is 2.37. The number of aliphatic hydroxyl groups excluding tert-OH is 1. The van der Waals surface area contributed by atoms with Crippen LogP contribution in [0.25, 0.3) is 0 Å². The molecule has 0 aliphatic carbocycles. The van der Waals surface area contributed by atoms with E-state index in [1.807, 2.05) is 25.1 Å². The maximum absolute atomic E-state index is 11.9. The lowest BCUT2D eigenvalue weighted by Crippen LogP contribution is -2.38. The summed E-state index contributed by atoms with van der Waals surface area (Å²) in [5, 5.41) is 12.3. The lowest BCUT2D eigenvalue weighted by Gasteiger charge is -2.17. The number of nitrogens with one attached hydrogen (secondary N) is 1. The summed E-state index contributed by atoms with van der Waals surface area (Å²) in [7, 11) is 0. The van der Waals surface area contributed by atoms with E-state index in [0.717, 1.165) is 18.5 Å². The van der Waals surface area contributed by atoms with Gasteiger partial charge in [0.15, 0.2) is 0 Å². The predicted molar refractivity (Wildman–Crippen MR) is 75.1 cm³/mol. The molecule has 2 N–H and O–H groups in total. The standard InChI is InChI=1S/C15H22N2O3/c1-11-5-6-14(20-11)15(19)17-9-12(10-18)8-13-4-2-3-7-16-13/h2-4,7,11-12,14,18H,5-6,8-10H2,1H3,(H,17,19). The first-order valence-corrected chi connectivity index (χ1v) is 7.13. The van der Waals surface area contributed by atoms with Gasteiger partial charge in [-0.15, -0.1) is 0 Å². The molecule has 20 heavy (non-hydrogen) atoms. The van der Waals surface area contributed by atoms with Crippen LogP contribution in [0, 0.1) is 5.92 Å². The van der Waals surface area contributed by atoms with E-state index in [1.54, 1.807) is 6.20 Å². The lowest BCUT2D eigenvalue weighted by molar-refractivity contribution is -0.131. The Labute approximate surface area is 119 Å². The summed E-state index contributed by atoms with van der Waals surface area (Å²) < 4.78 is 5.52. The highest BCUT2D eigenvalue weighted by Gasteiger charge is 2.28. The van der Waals surface area contributed by atoms with Gasteiger partial charge in [0.2, 0.25) is 5.91 Å². The Bertz CT molecular complexity index is 424. The van der Waals surface area contributed by atoms with Crippen molar-refractivity contribution in [3.8, 4) is 0 Å². The van der Waals surface area contributed by atoms with E-state index in [0.29, 0.717) is 13.0 Å². The van der Waals surface area contributed by atoms with E-state index in [-0.39, 0.29) is 30.6 Å². The van der Waals surface area contributed by atoms with Crippen LogP contribution in [0.5, 0.6) is 0 Å². The first kappa shape index (κ1) is 14.9. The molecule has 1 aliphatic rings. The van der Waals surface area contributed by atoms with Gasteiger partial charge in [-0.1, -0.05) is 6.07 Å². The van der Waals surface area contributed by atoms with Crippen LogP contribution in [0.4, 0.5) is 0 Å². The molecule has 110 valence electrons. The van der Waals surface area contributed by atoms with Crippen molar-refractivity contribution in [2.24, 2.45) is 5.92 Å². The highest BCUT2D eigenvalue weighted by Crippen LogP contribution is 2.19. The Morgan fingerprint density at radius 1 is 1.55 bits per heavy atom. The first-order valence-electron chi connectivity index (χ1n) is 7.13. The summed E-state index contributed by atoms with van der Waals surface area (Å²) in [4.78, 5) is 16.2. The second-order valence-electron chi connectivity index (χ2n) is 5.33. The number of rotatable bonds is 6. The Morgan fingerprint density at radius 2 is 2.40 bits per heavy atom. The zero-order valence-corrected chi connectivity index (χ0v) is 11.8. The van der Waals surface area contributed by atoms with Gasteiger partial charge in [-0.25, -0.2) is 0 Å². The largest absolute Gasteiger partial charge is 0.396 e. The van der Waals surface area contributed by atoms with E-state index in [4.69, 9.17) is 4.74 Å². The molecular weight excluding hydrogens is 256 g/mol. The molecule has 1 saturated heterocycles. The quantitative estimate of drug-likeness (QED) is 0.811. The van der Waals surface area contributed by atoms with Gasteiger partial charge in [0, 0.05) is 31.0 Å². The van der Waals surface area contributed by atoms with Crippen LogP contribution < -0.4 is 5.32 Å². The molecule has 1 aromatic rings. The Morgan fingerprint density at radius 3 is 3.00 bits per heavy atom. The molecule has 0 saturated carbocycles. The zero-order valence-electron chi connectivity index (χ0n) is 11.8. The number of aromatic nitrogens is 1. The van der Waals surface area contributed by atoms with Crippen LogP contribution in [0.1, 0.15) is 25.5 Å². The molecule has 3 unspecified atom stereocenters. The van der Waals surface area contributed by atoms with Crippen molar-refractivity contribution >= 4 is 5.91 Å². The minimum Gasteiger partial charge on any atom is -0.396 e. The van der Waals surface area contributed by atoms with Gasteiger partial charge in [-0.3, -0.25) is 9.78 Å². The van der Waals surface area contributed by atoms with E-state index in [2.05, 4.69) is 10.3 Å². The molecule has 1 aliphatic heterocycles. The Balaban J connectivity index is 1.77. The minimum absolute atomic E-state index is 0.0207. The maximum Gasteiger partial charge on any atom is 0.249 e. The second-order valence-corrected chi connectivity index (χ2v) is 5.33. The Hall–Kier alpha value is -1.46. The van der Waals surface area contributed by atoms with Crippen LogP contribution in [0.15, 0.2) is 24.4 Å². The van der Waals surface area contributed by atoms with E-state index in [1.165, 1.54) is 0 Å². The van der Waals surface area contributed by atoms with Gasteiger partial charge in [0.1, 0.15) is 6.10 Å². The molecule has 2 heterocycles. The highest BCUT2D eigenvalue weighted by molar-refractivity contribution is 5.81. The van der Waals surface area contributed by atoms with Gasteiger partial charge in [0.25, 0.3) is 0 Å². The Kier molecular flexibility index (Phi) is 5.49. The summed E-state index contributed by atoms with van der Waals surface area (Å²) in [6.07, 6.45) is 3.91. The summed E-state index contributed by atoms with van der Waals surface area (Å²) in [6.45, 7) is 2.45. The molecule has 0 spiro atoms. The number of pyridine rings is 1.